The normalized spacial score (nSPS) is 18.7. The molecule has 0 aromatic heterocycles. The minimum Gasteiger partial charge on any atom is -0.348 e. The molecule has 2 heteroatoms. The van der Waals surface area contributed by atoms with Gasteiger partial charge in [0.2, 0.25) is 5.69 Å². The van der Waals surface area contributed by atoms with Gasteiger partial charge in [0.05, 0.1) is 0 Å². The molecule has 0 unspecified atom stereocenters. The van der Waals surface area contributed by atoms with Crippen molar-refractivity contribution in [2.24, 2.45) is 0 Å². The molecule has 0 amide bonds. The second-order valence-electron chi connectivity index (χ2n) is 6.73. The summed E-state index contributed by atoms with van der Waals surface area (Å²) in [5.41, 5.74) is 5.62. The quantitative estimate of drug-likeness (QED) is 0.575. The van der Waals surface area contributed by atoms with Gasteiger partial charge in [-0.3, -0.25) is 0 Å². The van der Waals surface area contributed by atoms with Gasteiger partial charge in [0, 0.05) is 42.6 Å². The maximum atomic E-state index is 2.36. The Morgan fingerprint density at radius 1 is 0.800 bits per heavy atom. The first-order valence-electron chi connectivity index (χ1n) is 9.29. The van der Waals surface area contributed by atoms with Gasteiger partial charge in [0.15, 0.2) is 6.21 Å². The van der Waals surface area contributed by atoms with Crippen LogP contribution < -0.4 is 4.90 Å². The van der Waals surface area contributed by atoms with Gasteiger partial charge in [-0.05, 0) is 37.0 Å². The molecule has 0 bridgehead atoms. The zero-order chi connectivity index (χ0) is 16.9. The number of anilines is 1. The summed E-state index contributed by atoms with van der Waals surface area (Å²) in [6.07, 6.45) is 15.7. The van der Waals surface area contributed by atoms with E-state index in [1.807, 2.05) is 0 Å². The standard InChI is InChI=1S/C23H25N2/c1(6-16-24-18-8-12-20-10-2-4-14-22(20)24)7-17-25-19-9-13-21-11-3-5-15-23(21)25/h1-7,10-11,14-17H,8-9,12-13,18-19H2/q+1. The fourth-order valence-corrected chi connectivity index (χ4v) is 3.81. The fraction of sp³-hybridized carbons (Fsp3) is 0.261. The Bertz CT molecular complexity index is 829. The van der Waals surface area contributed by atoms with Gasteiger partial charge in [0.25, 0.3) is 0 Å². The van der Waals surface area contributed by atoms with Crippen LogP contribution in [0.15, 0.2) is 73.0 Å². The first-order chi connectivity index (χ1) is 12.4. The van der Waals surface area contributed by atoms with Crippen LogP contribution in [-0.2, 0) is 12.8 Å². The largest absolute Gasteiger partial charge is 0.348 e. The average Bonchev–Trinajstić information content (AvgIpc) is 2.68. The number of hydrogen-bond acceptors (Lipinski definition) is 1. The summed E-state index contributed by atoms with van der Waals surface area (Å²) in [5, 5.41) is 0. The van der Waals surface area contributed by atoms with Gasteiger partial charge >= 0.3 is 0 Å². The van der Waals surface area contributed by atoms with Crippen molar-refractivity contribution in [3.05, 3.63) is 84.1 Å². The highest BCUT2D eigenvalue weighted by atomic mass is 15.1. The second kappa shape index (κ2) is 7.52. The first kappa shape index (κ1) is 15.9. The van der Waals surface area contributed by atoms with Gasteiger partial charge in [-0.15, -0.1) is 0 Å². The number of benzene rings is 2. The summed E-state index contributed by atoms with van der Waals surface area (Å²) in [6.45, 7) is 2.20. The number of allylic oxidation sites excluding steroid dienone is 3. The first-order valence-corrected chi connectivity index (χ1v) is 9.29. The number of fused-ring (bicyclic) bond motifs is 2. The molecule has 25 heavy (non-hydrogen) atoms. The number of aryl methyl sites for hydroxylation is 2. The Morgan fingerprint density at radius 3 is 2.56 bits per heavy atom. The number of hydrogen-bond donors (Lipinski definition) is 0. The van der Waals surface area contributed by atoms with Crippen molar-refractivity contribution >= 4 is 17.6 Å². The molecule has 0 N–H and O–H groups in total. The molecule has 2 aliphatic heterocycles. The summed E-state index contributed by atoms with van der Waals surface area (Å²) in [4.78, 5) is 2.36. The van der Waals surface area contributed by atoms with Gasteiger partial charge in [-0.1, -0.05) is 42.5 Å². The molecule has 2 aromatic rings. The van der Waals surface area contributed by atoms with Crippen LogP contribution in [0.5, 0.6) is 0 Å². The molecule has 2 heterocycles. The van der Waals surface area contributed by atoms with E-state index in [2.05, 4.69) is 88.6 Å². The molecule has 0 aliphatic carbocycles. The summed E-state index contributed by atoms with van der Waals surface area (Å²) in [6, 6.07) is 17.5. The van der Waals surface area contributed by atoms with Crippen molar-refractivity contribution in [3.63, 3.8) is 0 Å². The van der Waals surface area contributed by atoms with Crippen molar-refractivity contribution in [3.8, 4) is 0 Å². The number of nitrogens with zero attached hydrogens (tertiary/aromatic N) is 2. The third-order valence-electron chi connectivity index (χ3n) is 5.05. The Kier molecular flexibility index (Phi) is 4.78. The number of rotatable bonds is 3. The lowest BCUT2D eigenvalue weighted by Gasteiger charge is -2.27. The highest BCUT2D eigenvalue weighted by Gasteiger charge is 2.18. The van der Waals surface area contributed by atoms with E-state index in [0.29, 0.717) is 0 Å². The Balaban J connectivity index is 1.45. The van der Waals surface area contributed by atoms with Crippen molar-refractivity contribution in [2.45, 2.75) is 25.7 Å². The lowest BCUT2D eigenvalue weighted by Crippen LogP contribution is -2.23. The minimum atomic E-state index is 1.10. The summed E-state index contributed by atoms with van der Waals surface area (Å²) in [5.74, 6) is 0. The molecule has 0 saturated carbocycles. The number of para-hydroxylation sites is 2. The lowest BCUT2D eigenvalue weighted by molar-refractivity contribution is -0.440. The highest BCUT2D eigenvalue weighted by Crippen LogP contribution is 2.27. The van der Waals surface area contributed by atoms with Gasteiger partial charge < -0.3 is 4.90 Å². The zero-order valence-electron chi connectivity index (χ0n) is 14.6. The van der Waals surface area contributed by atoms with E-state index in [0.717, 1.165) is 13.1 Å². The van der Waals surface area contributed by atoms with E-state index in [1.165, 1.54) is 48.2 Å². The fourth-order valence-electron chi connectivity index (χ4n) is 3.81. The van der Waals surface area contributed by atoms with E-state index in [1.54, 1.807) is 0 Å². The highest BCUT2D eigenvalue weighted by molar-refractivity contribution is 5.69. The monoisotopic (exact) mass is 329 g/mol. The Morgan fingerprint density at radius 2 is 1.60 bits per heavy atom. The van der Waals surface area contributed by atoms with E-state index >= 15 is 0 Å². The third-order valence-corrected chi connectivity index (χ3v) is 5.05. The maximum Gasteiger partial charge on any atom is 0.208 e. The molecular formula is C23H25N2+. The lowest BCUT2D eigenvalue weighted by atomic mass is 10.0. The van der Waals surface area contributed by atoms with E-state index < -0.39 is 0 Å². The topological polar surface area (TPSA) is 6.25 Å². The summed E-state index contributed by atoms with van der Waals surface area (Å²) < 4.78 is 2.36. The molecule has 0 radical (unpaired) electrons. The van der Waals surface area contributed by atoms with Crippen LogP contribution in [-0.4, -0.2) is 23.9 Å². The Labute approximate surface area is 150 Å². The van der Waals surface area contributed by atoms with E-state index in [4.69, 9.17) is 0 Å². The average molecular weight is 329 g/mol. The van der Waals surface area contributed by atoms with Crippen molar-refractivity contribution in [1.82, 2.24) is 0 Å². The molecule has 2 nitrogen and oxygen atoms in total. The van der Waals surface area contributed by atoms with E-state index in [-0.39, 0.29) is 0 Å². The Hall–Kier alpha value is -2.61. The van der Waals surface area contributed by atoms with Gasteiger partial charge in [-0.2, -0.15) is 4.58 Å². The predicted octanol–water partition coefficient (Wildman–Crippen LogP) is 4.87. The van der Waals surface area contributed by atoms with Crippen LogP contribution in [0, 0.1) is 0 Å². The van der Waals surface area contributed by atoms with Crippen LogP contribution in [0.2, 0.25) is 0 Å². The minimum absolute atomic E-state index is 1.10. The molecule has 0 fully saturated rings. The predicted molar refractivity (Wildman–Crippen MR) is 106 cm³/mol. The molecule has 0 spiro atoms. The van der Waals surface area contributed by atoms with Crippen LogP contribution in [0.1, 0.15) is 24.0 Å². The molecule has 4 rings (SSSR count). The zero-order valence-corrected chi connectivity index (χ0v) is 14.6. The molecule has 2 aliphatic rings. The van der Waals surface area contributed by atoms with Crippen molar-refractivity contribution < 1.29 is 4.58 Å². The van der Waals surface area contributed by atoms with Crippen LogP contribution in [0.3, 0.4) is 0 Å². The molecule has 2 aromatic carbocycles. The summed E-state index contributed by atoms with van der Waals surface area (Å²) >= 11 is 0. The molecule has 0 saturated heterocycles. The van der Waals surface area contributed by atoms with Gasteiger partial charge in [-0.25, -0.2) is 0 Å². The van der Waals surface area contributed by atoms with Crippen molar-refractivity contribution in [2.75, 3.05) is 18.0 Å². The summed E-state index contributed by atoms with van der Waals surface area (Å²) in [7, 11) is 0. The van der Waals surface area contributed by atoms with Crippen LogP contribution >= 0.6 is 0 Å². The molecule has 126 valence electrons. The second-order valence-corrected chi connectivity index (χ2v) is 6.73. The van der Waals surface area contributed by atoms with Crippen LogP contribution in [0.4, 0.5) is 11.4 Å². The van der Waals surface area contributed by atoms with E-state index in [9.17, 15) is 0 Å². The molecular weight excluding hydrogens is 304 g/mol. The van der Waals surface area contributed by atoms with Crippen LogP contribution in [0.25, 0.3) is 0 Å². The smallest absolute Gasteiger partial charge is 0.208 e. The van der Waals surface area contributed by atoms with Crippen molar-refractivity contribution in [1.29, 1.82) is 0 Å². The SMILES string of the molecule is C(=CC=[N+]1CCCc2ccccc21)C=CN1CCCc2ccccc21. The third kappa shape index (κ3) is 3.58. The maximum absolute atomic E-state index is 2.36. The van der Waals surface area contributed by atoms with Gasteiger partial charge in [0.1, 0.15) is 6.54 Å². The molecule has 0 atom stereocenters.